The van der Waals surface area contributed by atoms with Crippen molar-refractivity contribution < 1.29 is 14.3 Å². The van der Waals surface area contributed by atoms with Crippen LogP contribution in [0.3, 0.4) is 0 Å². The minimum absolute atomic E-state index is 0.0561. The van der Waals surface area contributed by atoms with Gasteiger partial charge in [0.1, 0.15) is 13.2 Å². The predicted molar refractivity (Wildman–Crippen MR) is 70.6 cm³/mol. The normalized spacial score (nSPS) is 16.8. The Kier molecular flexibility index (Phi) is 2.97. The van der Waals surface area contributed by atoms with Crippen LogP contribution < -0.4 is 9.47 Å². The van der Waals surface area contributed by atoms with Crippen LogP contribution in [0.5, 0.6) is 11.5 Å². The van der Waals surface area contributed by atoms with Crippen molar-refractivity contribution in [3.05, 3.63) is 23.3 Å². The number of benzene rings is 1. The smallest absolute Gasteiger partial charge is 0.319 e. The Bertz CT molecular complexity index is 514. The molecule has 0 fully saturated rings. The maximum absolute atomic E-state index is 12.0. The third kappa shape index (κ3) is 2.20. The summed E-state index contributed by atoms with van der Waals surface area (Å²) in [4.78, 5) is 15.5. The van der Waals surface area contributed by atoms with Crippen LogP contribution in [0.4, 0.5) is 4.79 Å². The van der Waals surface area contributed by atoms with E-state index >= 15 is 0 Å². The van der Waals surface area contributed by atoms with Crippen molar-refractivity contribution >= 4 is 6.03 Å². The first-order valence-electron chi connectivity index (χ1n) is 6.53. The summed E-state index contributed by atoms with van der Waals surface area (Å²) in [7, 11) is 3.56. The van der Waals surface area contributed by atoms with Gasteiger partial charge in [-0.25, -0.2) is 4.79 Å². The molecule has 0 spiro atoms. The predicted octanol–water partition coefficient (Wildman–Crippen LogP) is 1.50. The van der Waals surface area contributed by atoms with Crippen LogP contribution in [0.25, 0.3) is 0 Å². The van der Waals surface area contributed by atoms with E-state index in [-0.39, 0.29) is 6.03 Å². The monoisotopic (exact) mass is 262 g/mol. The second-order valence-electron chi connectivity index (χ2n) is 5.11. The maximum Gasteiger partial charge on any atom is 0.319 e. The van der Waals surface area contributed by atoms with E-state index in [9.17, 15) is 4.79 Å². The molecule has 2 aliphatic rings. The molecular weight excluding hydrogens is 244 g/mol. The molecule has 2 amide bonds. The van der Waals surface area contributed by atoms with E-state index < -0.39 is 0 Å². The first-order chi connectivity index (χ1) is 9.15. The molecule has 5 nitrogen and oxygen atoms in total. The zero-order valence-electron chi connectivity index (χ0n) is 11.3. The number of carbonyl (C=O) groups excluding carboxylic acids is 1. The van der Waals surface area contributed by atoms with Gasteiger partial charge in [0, 0.05) is 27.2 Å². The average molecular weight is 262 g/mol. The fourth-order valence-corrected chi connectivity index (χ4v) is 2.54. The van der Waals surface area contributed by atoms with E-state index in [2.05, 4.69) is 6.07 Å². The second kappa shape index (κ2) is 4.64. The molecule has 3 rings (SSSR count). The van der Waals surface area contributed by atoms with Crippen LogP contribution in [0.2, 0.25) is 0 Å². The minimum atomic E-state index is 0.0561. The third-order valence-electron chi connectivity index (χ3n) is 3.53. The summed E-state index contributed by atoms with van der Waals surface area (Å²) in [5.41, 5.74) is 2.41. The van der Waals surface area contributed by atoms with E-state index in [1.807, 2.05) is 11.0 Å². The molecule has 1 aromatic carbocycles. The third-order valence-corrected chi connectivity index (χ3v) is 3.53. The van der Waals surface area contributed by atoms with Crippen molar-refractivity contribution in [1.29, 1.82) is 0 Å². The lowest BCUT2D eigenvalue weighted by Crippen LogP contribution is -2.42. The Morgan fingerprint density at radius 1 is 1.16 bits per heavy atom. The number of amides is 2. The highest BCUT2D eigenvalue weighted by Gasteiger charge is 2.24. The summed E-state index contributed by atoms with van der Waals surface area (Å²) < 4.78 is 11.2. The van der Waals surface area contributed by atoms with E-state index in [0.717, 1.165) is 30.0 Å². The zero-order valence-corrected chi connectivity index (χ0v) is 11.3. The van der Waals surface area contributed by atoms with E-state index in [1.165, 1.54) is 5.56 Å². The standard InChI is InChI=1S/C14H18N2O3/c1-15(2)14(17)16-4-3-10-7-12-13(8-11(10)9-16)19-6-5-18-12/h7-8H,3-6,9H2,1-2H3. The molecule has 19 heavy (non-hydrogen) atoms. The molecule has 2 aliphatic heterocycles. The number of hydrogen-bond acceptors (Lipinski definition) is 3. The minimum Gasteiger partial charge on any atom is -0.486 e. The van der Waals surface area contributed by atoms with Gasteiger partial charge < -0.3 is 19.3 Å². The molecule has 0 aromatic heterocycles. The molecule has 0 radical (unpaired) electrons. The Balaban J connectivity index is 1.86. The lowest BCUT2D eigenvalue weighted by Gasteiger charge is -2.32. The van der Waals surface area contributed by atoms with E-state index in [4.69, 9.17) is 9.47 Å². The fraction of sp³-hybridized carbons (Fsp3) is 0.500. The quantitative estimate of drug-likeness (QED) is 0.711. The van der Waals surface area contributed by atoms with Crippen molar-refractivity contribution in [2.24, 2.45) is 0 Å². The van der Waals surface area contributed by atoms with Crippen LogP contribution in [0.15, 0.2) is 12.1 Å². The Morgan fingerprint density at radius 2 is 1.79 bits per heavy atom. The van der Waals surface area contributed by atoms with Gasteiger partial charge in [-0.1, -0.05) is 0 Å². The van der Waals surface area contributed by atoms with Crippen molar-refractivity contribution in [1.82, 2.24) is 9.80 Å². The van der Waals surface area contributed by atoms with Crippen LogP contribution >= 0.6 is 0 Å². The van der Waals surface area contributed by atoms with Crippen LogP contribution in [-0.2, 0) is 13.0 Å². The summed E-state index contributed by atoms with van der Waals surface area (Å²) in [6.45, 7) is 2.59. The molecule has 0 unspecified atom stereocenters. The van der Waals surface area contributed by atoms with Gasteiger partial charge in [0.25, 0.3) is 0 Å². The molecule has 0 aliphatic carbocycles. The highest BCUT2D eigenvalue weighted by molar-refractivity contribution is 5.74. The molecule has 1 aromatic rings. The lowest BCUT2D eigenvalue weighted by atomic mass is 9.99. The number of carbonyl (C=O) groups is 1. The van der Waals surface area contributed by atoms with Gasteiger partial charge >= 0.3 is 6.03 Å². The first kappa shape index (κ1) is 12.1. The fourth-order valence-electron chi connectivity index (χ4n) is 2.54. The molecule has 0 atom stereocenters. The Labute approximate surface area is 112 Å². The number of nitrogens with zero attached hydrogens (tertiary/aromatic N) is 2. The Morgan fingerprint density at radius 3 is 2.42 bits per heavy atom. The highest BCUT2D eigenvalue weighted by Crippen LogP contribution is 2.35. The zero-order chi connectivity index (χ0) is 13.4. The molecule has 2 heterocycles. The van der Waals surface area contributed by atoms with Gasteiger partial charge in [0.15, 0.2) is 11.5 Å². The second-order valence-corrected chi connectivity index (χ2v) is 5.11. The van der Waals surface area contributed by atoms with Gasteiger partial charge in [-0.15, -0.1) is 0 Å². The van der Waals surface area contributed by atoms with Crippen molar-refractivity contribution in [3.63, 3.8) is 0 Å². The molecule has 0 bridgehead atoms. The summed E-state index contributed by atoms with van der Waals surface area (Å²) in [6, 6.07) is 4.13. The molecule has 0 saturated carbocycles. The van der Waals surface area contributed by atoms with Gasteiger partial charge in [-0.3, -0.25) is 0 Å². The summed E-state index contributed by atoms with van der Waals surface area (Å²) >= 11 is 0. The largest absolute Gasteiger partial charge is 0.486 e. The SMILES string of the molecule is CN(C)C(=O)N1CCc2cc3c(cc2C1)OCCO3. The average Bonchev–Trinajstić information content (AvgIpc) is 2.43. The number of urea groups is 1. The maximum atomic E-state index is 12.0. The summed E-state index contributed by atoms with van der Waals surface area (Å²) in [5.74, 6) is 1.63. The van der Waals surface area contributed by atoms with E-state index in [1.54, 1.807) is 19.0 Å². The van der Waals surface area contributed by atoms with Gasteiger partial charge in [-0.05, 0) is 29.7 Å². The summed E-state index contributed by atoms with van der Waals surface area (Å²) in [6.07, 6.45) is 0.867. The van der Waals surface area contributed by atoms with Gasteiger partial charge in [0.05, 0.1) is 0 Å². The van der Waals surface area contributed by atoms with Gasteiger partial charge in [-0.2, -0.15) is 0 Å². The van der Waals surface area contributed by atoms with Crippen molar-refractivity contribution in [2.75, 3.05) is 33.9 Å². The number of hydrogen-bond donors (Lipinski definition) is 0. The van der Waals surface area contributed by atoms with Crippen molar-refractivity contribution in [2.45, 2.75) is 13.0 Å². The van der Waals surface area contributed by atoms with Crippen LogP contribution in [-0.4, -0.2) is 49.7 Å². The van der Waals surface area contributed by atoms with Gasteiger partial charge in [0.2, 0.25) is 0 Å². The molecular formula is C14H18N2O3. The highest BCUT2D eigenvalue weighted by atomic mass is 16.6. The lowest BCUT2D eigenvalue weighted by molar-refractivity contribution is 0.162. The number of rotatable bonds is 0. The van der Waals surface area contributed by atoms with E-state index in [0.29, 0.717) is 19.8 Å². The van der Waals surface area contributed by atoms with Crippen molar-refractivity contribution in [3.8, 4) is 11.5 Å². The molecule has 102 valence electrons. The Hall–Kier alpha value is -1.91. The first-order valence-corrected chi connectivity index (χ1v) is 6.53. The molecule has 0 saturated heterocycles. The number of fused-ring (bicyclic) bond motifs is 2. The molecule has 5 heteroatoms. The number of ether oxygens (including phenoxy) is 2. The van der Waals surface area contributed by atoms with Crippen LogP contribution in [0.1, 0.15) is 11.1 Å². The van der Waals surface area contributed by atoms with Crippen LogP contribution in [0, 0.1) is 0 Å². The molecule has 0 N–H and O–H groups in total. The topological polar surface area (TPSA) is 42.0 Å². The summed E-state index contributed by atoms with van der Waals surface area (Å²) in [5, 5.41) is 0.